The summed E-state index contributed by atoms with van der Waals surface area (Å²) in [5.41, 5.74) is 1.51. The van der Waals surface area contributed by atoms with E-state index in [1.807, 2.05) is 37.3 Å². The lowest BCUT2D eigenvalue weighted by atomic mass is 10.1. The van der Waals surface area contributed by atoms with Crippen LogP contribution in [0.1, 0.15) is 54.7 Å². The van der Waals surface area contributed by atoms with Crippen molar-refractivity contribution in [1.82, 2.24) is 25.2 Å². The third-order valence-electron chi connectivity index (χ3n) is 6.57. The molecular formula is C26H34N5O8P. The number of nitrogens with zero attached hydrogens (tertiary/aromatic N) is 4. The van der Waals surface area contributed by atoms with Crippen molar-refractivity contribution in [2.75, 3.05) is 38.9 Å². The van der Waals surface area contributed by atoms with E-state index in [0.29, 0.717) is 12.2 Å². The topological polar surface area (TPSA) is 171 Å². The number of rotatable bonds is 12. The molecule has 1 aromatic heterocycles. The quantitative estimate of drug-likeness (QED) is 0.251. The molecule has 1 unspecified atom stereocenters. The van der Waals surface area contributed by atoms with E-state index in [0.717, 1.165) is 30.5 Å². The van der Waals surface area contributed by atoms with Gasteiger partial charge in [0.15, 0.2) is 5.82 Å². The van der Waals surface area contributed by atoms with Gasteiger partial charge < -0.3 is 29.6 Å². The van der Waals surface area contributed by atoms with E-state index in [-0.39, 0.29) is 44.4 Å². The van der Waals surface area contributed by atoms with E-state index >= 15 is 0 Å². The molecule has 4 rings (SSSR count). The fraction of sp³-hybridized carbons (Fsp3) is 0.500. The first kappa shape index (κ1) is 29.6. The highest BCUT2D eigenvalue weighted by atomic mass is 31.2. The third kappa shape index (κ3) is 8.31. The third-order valence-corrected chi connectivity index (χ3v) is 7.98. The number of benzene rings is 1. The summed E-state index contributed by atoms with van der Waals surface area (Å²) < 4.78 is 18.1. The Kier molecular flexibility index (Phi) is 9.85. The highest BCUT2D eigenvalue weighted by Crippen LogP contribution is 2.43. The Balaban J connectivity index is 1.55. The first-order valence-corrected chi connectivity index (χ1v) is 15.1. The average molecular weight is 576 g/mol. The molecule has 3 N–H and O–H groups in total. The van der Waals surface area contributed by atoms with Gasteiger partial charge in [-0.25, -0.2) is 14.8 Å². The zero-order valence-corrected chi connectivity index (χ0v) is 23.2. The van der Waals surface area contributed by atoms with Gasteiger partial charge in [-0.3, -0.25) is 14.2 Å². The highest BCUT2D eigenvalue weighted by Gasteiger charge is 2.36. The van der Waals surface area contributed by atoms with Gasteiger partial charge >= 0.3 is 13.8 Å². The van der Waals surface area contributed by atoms with Gasteiger partial charge in [-0.05, 0) is 25.3 Å². The number of hydrogen-bond donors (Lipinski definition) is 3. The highest BCUT2D eigenvalue weighted by molar-refractivity contribution is 7.52. The molecule has 1 saturated heterocycles. The van der Waals surface area contributed by atoms with Crippen LogP contribution in [0.5, 0.6) is 0 Å². The summed E-state index contributed by atoms with van der Waals surface area (Å²) in [5.74, 6) is -0.663. The number of nitrogens with one attached hydrogen (secondary N) is 1. The molecule has 2 atom stereocenters. The first-order chi connectivity index (χ1) is 19.1. The molecule has 40 heavy (non-hydrogen) atoms. The summed E-state index contributed by atoms with van der Waals surface area (Å²) in [6.07, 6.45) is 1.14. The Morgan fingerprint density at radius 1 is 1.12 bits per heavy atom. The van der Waals surface area contributed by atoms with Gasteiger partial charge in [-0.1, -0.05) is 43.7 Å². The maximum atomic E-state index is 13.5. The molecule has 1 aliphatic heterocycles. The van der Waals surface area contributed by atoms with Gasteiger partial charge in [-0.2, -0.15) is 0 Å². The summed E-state index contributed by atoms with van der Waals surface area (Å²) >= 11 is 0. The average Bonchev–Trinajstić information content (AvgIpc) is 3.78. The van der Waals surface area contributed by atoms with Gasteiger partial charge in [0.05, 0.1) is 25.9 Å². The second-order valence-corrected chi connectivity index (χ2v) is 11.7. The summed E-state index contributed by atoms with van der Waals surface area (Å²) in [6.45, 7) is 2.37. The Morgan fingerprint density at radius 2 is 1.82 bits per heavy atom. The van der Waals surface area contributed by atoms with E-state index < -0.39 is 37.8 Å². The van der Waals surface area contributed by atoms with Crippen LogP contribution in [0.4, 0.5) is 4.79 Å². The Labute approximate surface area is 232 Å². The van der Waals surface area contributed by atoms with Crippen LogP contribution in [0, 0.1) is 0 Å². The zero-order valence-electron chi connectivity index (χ0n) is 22.3. The van der Waals surface area contributed by atoms with E-state index in [1.54, 1.807) is 6.07 Å². The van der Waals surface area contributed by atoms with Gasteiger partial charge in [0.25, 0.3) is 5.91 Å². The largest absolute Gasteiger partial charge is 0.525 e. The second-order valence-electron chi connectivity index (χ2n) is 9.79. The van der Waals surface area contributed by atoms with E-state index in [4.69, 9.17) is 9.63 Å². The van der Waals surface area contributed by atoms with Crippen LogP contribution in [0.2, 0.25) is 0 Å². The number of hydroxylamine groups is 2. The van der Waals surface area contributed by atoms with Crippen molar-refractivity contribution in [2.24, 2.45) is 0 Å². The maximum Gasteiger partial charge on any atom is 0.525 e. The van der Waals surface area contributed by atoms with Crippen LogP contribution < -0.4 is 5.32 Å². The molecular weight excluding hydrogens is 541 g/mol. The van der Waals surface area contributed by atoms with Gasteiger partial charge in [0.1, 0.15) is 11.7 Å². The predicted octanol–water partition coefficient (Wildman–Crippen LogP) is 2.88. The number of piperazine rings is 1. The number of aromatic nitrogens is 2. The summed E-state index contributed by atoms with van der Waals surface area (Å²) in [5, 5.41) is 12.6. The summed E-state index contributed by atoms with van der Waals surface area (Å²) in [7, 11) is -4.24. The molecule has 2 aromatic rings. The zero-order chi connectivity index (χ0) is 28.7. The fourth-order valence-corrected chi connectivity index (χ4v) is 5.50. The molecule has 0 bridgehead atoms. The molecule has 2 aliphatic rings. The molecule has 1 aromatic carbocycles. The van der Waals surface area contributed by atoms with E-state index in [9.17, 15) is 23.8 Å². The molecule has 2 heterocycles. The van der Waals surface area contributed by atoms with Crippen LogP contribution in [0.15, 0.2) is 36.4 Å². The van der Waals surface area contributed by atoms with Gasteiger partial charge in [0, 0.05) is 30.3 Å². The number of carbonyl (C=O) groups excluding carboxylic acids is 2. The van der Waals surface area contributed by atoms with Crippen molar-refractivity contribution in [3.8, 4) is 11.4 Å². The maximum absolute atomic E-state index is 13.5. The monoisotopic (exact) mass is 575 g/mol. The van der Waals surface area contributed by atoms with E-state index in [2.05, 4.69) is 20.1 Å². The lowest BCUT2D eigenvalue weighted by Gasteiger charge is -2.35. The second kappa shape index (κ2) is 13.3. The van der Waals surface area contributed by atoms with Crippen LogP contribution >= 0.6 is 7.60 Å². The number of amides is 2. The molecule has 2 amide bonds. The molecule has 1 saturated carbocycles. The lowest BCUT2D eigenvalue weighted by Crippen LogP contribution is -2.56. The normalized spacial score (nSPS) is 18.0. The summed E-state index contributed by atoms with van der Waals surface area (Å²) in [4.78, 5) is 63.4. The van der Waals surface area contributed by atoms with Crippen LogP contribution in [-0.4, -0.2) is 92.9 Å². The van der Waals surface area contributed by atoms with E-state index in [1.165, 1.54) is 9.96 Å². The predicted molar refractivity (Wildman–Crippen MR) is 144 cm³/mol. The Hall–Kier alpha value is -3.38. The van der Waals surface area contributed by atoms with Crippen molar-refractivity contribution in [3.05, 3.63) is 47.8 Å². The molecule has 13 nitrogen and oxygen atoms in total. The van der Waals surface area contributed by atoms with Crippen molar-refractivity contribution < 1.29 is 38.3 Å². The Morgan fingerprint density at radius 3 is 2.45 bits per heavy atom. The van der Waals surface area contributed by atoms with Gasteiger partial charge in [0.2, 0.25) is 5.91 Å². The number of carbonyl (C=O) groups is 3. The number of carboxylic acid groups (broad SMARTS) is 1. The fourth-order valence-electron chi connectivity index (χ4n) is 4.27. The summed E-state index contributed by atoms with van der Waals surface area (Å²) in [6, 6.07) is 9.44. The van der Waals surface area contributed by atoms with Crippen LogP contribution in [-0.2, 0) is 18.7 Å². The first-order valence-electron chi connectivity index (χ1n) is 13.3. The molecule has 14 heteroatoms. The van der Waals surface area contributed by atoms with Gasteiger partial charge in [-0.15, -0.1) is 5.06 Å². The minimum atomic E-state index is -4.24. The smallest absolute Gasteiger partial charge is 0.448 e. The Bertz CT molecular complexity index is 1250. The van der Waals surface area contributed by atoms with Crippen molar-refractivity contribution >= 4 is 25.6 Å². The van der Waals surface area contributed by atoms with Crippen molar-refractivity contribution in [1.29, 1.82) is 0 Å². The standard InChI is InChI=1S/C26H34N5O8P/c1-2-3-15-38-40(36,37)17-22(25(33)30-11-13-31(14-12-30)39-26(34)35)29-24(32)21-16-20(18-9-10-18)27-23(28-21)19-7-5-4-6-8-19/h4-8,16,18,22H,2-3,9-15,17H2,1H3,(H,29,32)(H,34,35)(H,36,37)/t22-/m0/s1. The van der Waals surface area contributed by atoms with Crippen LogP contribution in [0.25, 0.3) is 11.4 Å². The lowest BCUT2D eigenvalue weighted by molar-refractivity contribution is -0.154. The van der Waals surface area contributed by atoms with Crippen molar-refractivity contribution in [3.63, 3.8) is 0 Å². The number of unbranched alkanes of at least 4 members (excludes halogenated alkanes) is 1. The van der Waals surface area contributed by atoms with Crippen LogP contribution in [0.3, 0.4) is 0 Å². The minimum absolute atomic E-state index is 0.0431. The molecule has 2 fully saturated rings. The SMILES string of the molecule is CCCCOP(=O)(O)C[C@H](NC(=O)c1cc(C2CC2)nc(-c2ccccc2)n1)C(=O)N1CCN(OC(=O)O)CC1. The number of hydrogen-bond acceptors (Lipinski definition) is 9. The molecule has 0 spiro atoms. The van der Waals surface area contributed by atoms with Crippen molar-refractivity contribution in [2.45, 2.75) is 44.6 Å². The molecule has 216 valence electrons. The molecule has 0 radical (unpaired) electrons. The molecule has 1 aliphatic carbocycles. The minimum Gasteiger partial charge on any atom is -0.448 e.